The number of hydrogen-bond acceptors (Lipinski definition) is 4. The lowest BCUT2D eigenvalue weighted by Crippen LogP contribution is -1.93. The van der Waals surface area contributed by atoms with Crippen LogP contribution in [0.5, 0.6) is 0 Å². The van der Waals surface area contributed by atoms with Crippen molar-refractivity contribution in [2.75, 3.05) is 5.73 Å². The summed E-state index contributed by atoms with van der Waals surface area (Å²) in [6, 6.07) is 7.43. The Labute approximate surface area is 148 Å². The molecule has 0 amide bonds. The molecule has 0 fully saturated rings. The summed E-state index contributed by atoms with van der Waals surface area (Å²) in [5.41, 5.74) is 6.47. The van der Waals surface area contributed by atoms with Gasteiger partial charge in [-0.3, -0.25) is 0 Å². The molecule has 0 bridgehead atoms. The summed E-state index contributed by atoms with van der Waals surface area (Å²) in [6.45, 7) is 0. The molecule has 2 heterocycles. The maximum absolute atomic E-state index is 15.1. The second kappa shape index (κ2) is 5.51. The number of benzene rings is 2. The topological polar surface area (TPSA) is 51.8 Å². The van der Waals surface area contributed by atoms with E-state index in [9.17, 15) is 4.39 Å². The molecule has 0 saturated carbocycles. The number of nitrogen functional groups attached to an aromatic ring is 1. The zero-order valence-electron chi connectivity index (χ0n) is 11.8. The number of nitrogens with two attached hydrogens (primary N) is 1. The molecule has 2 N–H and O–H groups in total. The molecule has 120 valence electrons. The van der Waals surface area contributed by atoms with Gasteiger partial charge in [0.2, 0.25) is 0 Å². The van der Waals surface area contributed by atoms with Gasteiger partial charge in [0.15, 0.2) is 10.9 Å². The Hall–Kier alpha value is -2.02. The summed E-state index contributed by atoms with van der Waals surface area (Å²) in [4.78, 5) is 8.14. The van der Waals surface area contributed by atoms with Gasteiger partial charge >= 0.3 is 0 Å². The van der Waals surface area contributed by atoms with Crippen LogP contribution in [0, 0.1) is 11.6 Å². The van der Waals surface area contributed by atoms with E-state index < -0.39 is 11.6 Å². The summed E-state index contributed by atoms with van der Waals surface area (Å²) in [6.07, 6.45) is 0. The van der Waals surface area contributed by atoms with E-state index in [-0.39, 0.29) is 36.6 Å². The van der Waals surface area contributed by atoms with Gasteiger partial charge in [0, 0.05) is 16.5 Å². The van der Waals surface area contributed by atoms with Crippen molar-refractivity contribution in [3.05, 3.63) is 52.1 Å². The van der Waals surface area contributed by atoms with Crippen LogP contribution < -0.4 is 5.73 Å². The third kappa shape index (κ3) is 2.30. The first-order valence-corrected chi connectivity index (χ1v) is 8.32. The molecule has 0 radical (unpaired) electrons. The highest BCUT2D eigenvalue weighted by Gasteiger charge is 2.20. The van der Waals surface area contributed by atoms with Crippen molar-refractivity contribution >= 4 is 60.8 Å². The summed E-state index contributed by atoms with van der Waals surface area (Å²) < 4.78 is 29.3. The molecular formula is C16H7Cl2F2N3S. The first-order chi connectivity index (χ1) is 11.5. The van der Waals surface area contributed by atoms with E-state index in [2.05, 4.69) is 9.97 Å². The summed E-state index contributed by atoms with van der Waals surface area (Å²) in [5.74, 6) is -1.11. The standard InChI is InChI=1S/C16H7Cl2F2N3S/c17-8-5-6-1-4-10(18)22-13(6)12(20)11(8)7-2-3-9(19)15-14(7)23-16(21)24-15/h1-5H,(H2,21,23). The molecule has 0 spiro atoms. The lowest BCUT2D eigenvalue weighted by molar-refractivity contribution is 0.638. The van der Waals surface area contributed by atoms with Crippen molar-refractivity contribution < 1.29 is 8.78 Å². The van der Waals surface area contributed by atoms with Crippen LogP contribution in [0.3, 0.4) is 0 Å². The monoisotopic (exact) mass is 381 g/mol. The SMILES string of the molecule is Nc1nc2c(-c3c(Cl)cc4ccc(Cl)nc4c3F)ccc(F)c2s1. The van der Waals surface area contributed by atoms with Crippen LogP contribution in [0.25, 0.3) is 32.2 Å². The van der Waals surface area contributed by atoms with Gasteiger partial charge in [-0.2, -0.15) is 0 Å². The van der Waals surface area contributed by atoms with Gasteiger partial charge in [-0.25, -0.2) is 18.7 Å². The average molecular weight is 382 g/mol. The number of aromatic nitrogens is 2. The Kier molecular flexibility index (Phi) is 3.56. The minimum atomic E-state index is -0.639. The average Bonchev–Trinajstić information content (AvgIpc) is 2.93. The van der Waals surface area contributed by atoms with Crippen LogP contribution in [-0.2, 0) is 0 Å². The number of nitrogens with zero attached hydrogens (tertiary/aromatic N) is 2. The third-order valence-electron chi connectivity index (χ3n) is 3.62. The van der Waals surface area contributed by atoms with Crippen molar-refractivity contribution in [3.63, 3.8) is 0 Å². The molecule has 2 aromatic heterocycles. The number of thiazole rings is 1. The maximum Gasteiger partial charge on any atom is 0.181 e. The maximum atomic E-state index is 15.1. The van der Waals surface area contributed by atoms with Crippen LogP contribution in [0.4, 0.5) is 13.9 Å². The van der Waals surface area contributed by atoms with Gasteiger partial charge in [-0.15, -0.1) is 0 Å². The smallest absolute Gasteiger partial charge is 0.181 e. The lowest BCUT2D eigenvalue weighted by atomic mass is 10.0. The van der Waals surface area contributed by atoms with Gasteiger partial charge in [-0.05, 0) is 30.3 Å². The Morgan fingerprint density at radius 2 is 1.79 bits per heavy atom. The second-order valence-corrected chi connectivity index (χ2v) is 6.90. The number of anilines is 1. The third-order valence-corrected chi connectivity index (χ3v) is 5.02. The van der Waals surface area contributed by atoms with E-state index in [0.717, 1.165) is 11.3 Å². The van der Waals surface area contributed by atoms with Crippen molar-refractivity contribution in [1.29, 1.82) is 0 Å². The van der Waals surface area contributed by atoms with Crippen molar-refractivity contribution in [3.8, 4) is 11.1 Å². The molecule has 0 atom stereocenters. The van der Waals surface area contributed by atoms with Crippen molar-refractivity contribution in [2.24, 2.45) is 0 Å². The largest absolute Gasteiger partial charge is 0.375 e. The van der Waals surface area contributed by atoms with Crippen LogP contribution in [0.15, 0.2) is 30.3 Å². The summed E-state index contributed by atoms with van der Waals surface area (Å²) in [5, 5.41) is 1.04. The molecule has 0 aliphatic carbocycles. The fourth-order valence-corrected chi connectivity index (χ4v) is 3.82. The fourth-order valence-electron chi connectivity index (χ4n) is 2.61. The Balaban J connectivity index is 2.12. The predicted molar refractivity (Wildman–Crippen MR) is 94.7 cm³/mol. The highest BCUT2D eigenvalue weighted by molar-refractivity contribution is 7.22. The van der Waals surface area contributed by atoms with E-state index in [1.807, 2.05) is 0 Å². The Morgan fingerprint density at radius 1 is 1.00 bits per heavy atom. The number of hydrogen-bond donors (Lipinski definition) is 1. The van der Waals surface area contributed by atoms with Crippen LogP contribution in [0.2, 0.25) is 10.2 Å². The molecule has 0 aliphatic heterocycles. The van der Waals surface area contributed by atoms with E-state index in [0.29, 0.717) is 10.9 Å². The number of rotatable bonds is 1. The summed E-state index contributed by atoms with van der Waals surface area (Å²) >= 11 is 13.1. The normalized spacial score (nSPS) is 11.5. The number of halogens is 4. The highest BCUT2D eigenvalue weighted by atomic mass is 35.5. The minimum absolute atomic E-state index is 0.0857. The predicted octanol–water partition coefficient (Wildman–Crippen LogP) is 5.68. The first kappa shape index (κ1) is 15.5. The number of fused-ring (bicyclic) bond motifs is 2. The fraction of sp³-hybridized carbons (Fsp3) is 0. The van der Waals surface area contributed by atoms with E-state index in [1.165, 1.54) is 12.1 Å². The molecule has 3 nitrogen and oxygen atoms in total. The number of pyridine rings is 1. The molecule has 2 aromatic carbocycles. The van der Waals surface area contributed by atoms with Crippen LogP contribution in [-0.4, -0.2) is 9.97 Å². The molecule has 0 saturated heterocycles. The zero-order chi connectivity index (χ0) is 17.0. The van der Waals surface area contributed by atoms with E-state index in [1.54, 1.807) is 18.2 Å². The summed E-state index contributed by atoms with van der Waals surface area (Å²) in [7, 11) is 0. The first-order valence-electron chi connectivity index (χ1n) is 6.75. The van der Waals surface area contributed by atoms with Crippen molar-refractivity contribution in [1.82, 2.24) is 9.97 Å². The quantitative estimate of drug-likeness (QED) is 0.431. The Morgan fingerprint density at radius 3 is 2.58 bits per heavy atom. The van der Waals surface area contributed by atoms with Crippen LogP contribution in [0.1, 0.15) is 0 Å². The lowest BCUT2D eigenvalue weighted by Gasteiger charge is -2.10. The molecule has 0 unspecified atom stereocenters. The van der Waals surface area contributed by atoms with Gasteiger partial charge in [0.1, 0.15) is 16.5 Å². The minimum Gasteiger partial charge on any atom is -0.375 e. The van der Waals surface area contributed by atoms with Gasteiger partial charge < -0.3 is 5.73 Å². The zero-order valence-corrected chi connectivity index (χ0v) is 14.1. The van der Waals surface area contributed by atoms with E-state index in [4.69, 9.17) is 28.9 Å². The molecule has 24 heavy (non-hydrogen) atoms. The van der Waals surface area contributed by atoms with E-state index >= 15 is 4.39 Å². The molecule has 0 aliphatic rings. The molecule has 8 heteroatoms. The highest BCUT2D eigenvalue weighted by Crippen LogP contribution is 2.40. The van der Waals surface area contributed by atoms with Crippen molar-refractivity contribution in [2.45, 2.75) is 0 Å². The molecule has 4 aromatic rings. The second-order valence-electron chi connectivity index (χ2n) is 5.08. The van der Waals surface area contributed by atoms with Crippen LogP contribution >= 0.6 is 34.5 Å². The molecule has 4 rings (SSSR count). The van der Waals surface area contributed by atoms with Gasteiger partial charge in [-0.1, -0.05) is 34.5 Å². The molecular weight excluding hydrogens is 375 g/mol. The van der Waals surface area contributed by atoms with Gasteiger partial charge in [0.05, 0.1) is 15.2 Å². The Bertz CT molecular complexity index is 1130. The van der Waals surface area contributed by atoms with Gasteiger partial charge in [0.25, 0.3) is 0 Å².